The Morgan fingerprint density at radius 3 is 2.84 bits per heavy atom. The molecule has 1 aliphatic rings. The Bertz CT molecular complexity index is 419. The maximum Gasteiger partial charge on any atom is 0.160 e. The van der Waals surface area contributed by atoms with E-state index in [-0.39, 0.29) is 5.75 Å². The summed E-state index contributed by atoms with van der Waals surface area (Å²) in [6.07, 6.45) is 5.24. The molecule has 0 saturated carbocycles. The zero-order valence-corrected chi connectivity index (χ0v) is 12.2. The molecule has 3 nitrogen and oxygen atoms in total. The van der Waals surface area contributed by atoms with Crippen LogP contribution in [0.3, 0.4) is 0 Å². The van der Waals surface area contributed by atoms with Crippen LogP contribution in [0.1, 0.15) is 51.1 Å². The summed E-state index contributed by atoms with van der Waals surface area (Å²) in [4.78, 5) is 2.57. The summed E-state index contributed by atoms with van der Waals surface area (Å²) in [5, 5.41) is 9.69. The molecule has 0 aromatic heterocycles. The van der Waals surface area contributed by atoms with Gasteiger partial charge in [-0.1, -0.05) is 18.9 Å². The predicted octanol–water partition coefficient (Wildman–Crippen LogP) is 3.73. The Labute approximate surface area is 116 Å². The molecule has 1 saturated heterocycles. The van der Waals surface area contributed by atoms with Crippen molar-refractivity contribution in [2.45, 2.75) is 51.6 Å². The molecule has 1 fully saturated rings. The van der Waals surface area contributed by atoms with Crippen molar-refractivity contribution >= 4 is 0 Å². The first-order valence-electron chi connectivity index (χ1n) is 7.26. The number of phenols is 1. The van der Waals surface area contributed by atoms with E-state index in [1.54, 1.807) is 13.2 Å². The second kappa shape index (κ2) is 6.29. The average Bonchev–Trinajstić information content (AvgIpc) is 2.63. The van der Waals surface area contributed by atoms with Crippen molar-refractivity contribution < 1.29 is 9.84 Å². The van der Waals surface area contributed by atoms with Gasteiger partial charge in [0.1, 0.15) is 0 Å². The van der Waals surface area contributed by atoms with Gasteiger partial charge in [-0.05, 0) is 50.9 Å². The third kappa shape index (κ3) is 3.21. The van der Waals surface area contributed by atoms with E-state index in [2.05, 4.69) is 18.7 Å². The highest BCUT2D eigenvalue weighted by Gasteiger charge is 2.23. The Hall–Kier alpha value is -1.22. The molecule has 19 heavy (non-hydrogen) atoms. The summed E-state index contributed by atoms with van der Waals surface area (Å²) in [5.41, 5.74) is 1.21. The van der Waals surface area contributed by atoms with Gasteiger partial charge < -0.3 is 9.84 Å². The molecule has 1 aromatic rings. The number of benzene rings is 1. The van der Waals surface area contributed by atoms with Gasteiger partial charge in [0.2, 0.25) is 0 Å². The Morgan fingerprint density at radius 1 is 1.32 bits per heavy atom. The van der Waals surface area contributed by atoms with E-state index < -0.39 is 0 Å². The van der Waals surface area contributed by atoms with Crippen LogP contribution < -0.4 is 4.74 Å². The molecule has 2 atom stereocenters. The number of nitrogens with zero attached hydrogens (tertiary/aromatic N) is 1. The molecule has 1 aliphatic heterocycles. The molecular formula is C16H25NO2. The summed E-state index contributed by atoms with van der Waals surface area (Å²) in [6.45, 7) is 5.72. The van der Waals surface area contributed by atoms with Crippen molar-refractivity contribution in [2.24, 2.45) is 0 Å². The molecule has 0 amide bonds. The van der Waals surface area contributed by atoms with Gasteiger partial charge in [0.05, 0.1) is 7.11 Å². The van der Waals surface area contributed by atoms with Crippen molar-refractivity contribution in [3.05, 3.63) is 23.8 Å². The SMILES string of the molecule is COc1cc(C(C)N2CCCCCC2C)ccc1O. The van der Waals surface area contributed by atoms with Crippen molar-refractivity contribution in [3.8, 4) is 11.5 Å². The van der Waals surface area contributed by atoms with E-state index in [0.29, 0.717) is 17.8 Å². The number of aromatic hydroxyl groups is 1. The largest absolute Gasteiger partial charge is 0.504 e. The third-order valence-corrected chi connectivity index (χ3v) is 4.29. The maximum atomic E-state index is 9.69. The minimum Gasteiger partial charge on any atom is -0.504 e. The first kappa shape index (κ1) is 14.2. The molecule has 2 rings (SSSR count). The van der Waals surface area contributed by atoms with Gasteiger partial charge in [-0.15, -0.1) is 0 Å². The minimum atomic E-state index is 0.211. The number of likely N-dealkylation sites (tertiary alicyclic amines) is 1. The lowest BCUT2D eigenvalue weighted by molar-refractivity contribution is 0.157. The van der Waals surface area contributed by atoms with Crippen LogP contribution in [0.4, 0.5) is 0 Å². The average molecular weight is 263 g/mol. The number of ether oxygens (including phenoxy) is 1. The summed E-state index contributed by atoms with van der Waals surface area (Å²) in [6, 6.07) is 6.67. The molecule has 1 N–H and O–H groups in total. The lowest BCUT2D eigenvalue weighted by Crippen LogP contribution is -2.34. The summed E-state index contributed by atoms with van der Waals surface area (Å²) >= 11 is 0. The Morgan fingerprint density at radius 2 is 2.11 bits per heavy atom. The molecule has 0 aliphatic carbocycles. The minimum absolute atomic E-state index is 0.211. The van der Waals surface area contributed by atoms with Gasteiger partial charge >= 0.3 is 0 Å². The van der Waals surface area contributed by atoms with Crippen LogP contribution >= 0.6 is 0 Å². The molecule has 1 aromatic carbocycles. The second-order valence-corrected chi connectivity index (χ2v) is 5.54. The zero-order valence-electron chi connectivity index (χ0n) is 12.2. The third-order valence-electron chi connectivity index (χ3n) is 4.29. The summed E-state index contributed by atoms with van der Waals surface area (Å²) < 4.78 is 5.21. The molecule has 0 spiro atoms. The molecule has 1 heterocycles. The first-order valence-corrected chi connectivity index (χ1v) is 7.26. The van der Waals surface area contributed by atoms with Gasteiger partial charge in [0, 0.05) is 12.1 Å². The lowest BCUT2D eigenvalue weighted by Gasteiger charge is -2.33. The van der Waals surface area contributed by atoms with Crippen molar-refractivity contribution in [1.29, 1.82) is 0 Å². The van der Waals surface area contributed by atoms with Crippen LogP contribution in [-0.4, -0.2) is 29.7 Å². The molecular weight excluding hydrogens is 238 g/mol. The van der Waals surface area contributed by atoms with Gasteiger partial charge in [-0.3, -0.25) is 4.90 Å². The fourth-order valence-electron chi connectivity index (χ4n) is 3.02. The first-order chi connectivity index (χ1) is 9.13. The molecule has 106 valence electrons. The van der Waals surface area contributed by atoms with Gasteiger partial charge in [-0.2, -0.15) is 0 Å². The van der Waals surface area contributed by atoms with Crippen molar-refractivity contribution in [3.63, 3.8) is 0 Å². The van der Waals surface area contributed by atoms with Crippen LogP contribution in [0.5, 0.6) is 11.5 Å². The Kier molecular flexibility index (Phi) is 4.70. The van der Waals surface area contributed by atoms with Crippen LogP contribution in [0, 0.1) is 0 Å². The number of hydrogen-bond donors (Lipinski definition) is 1. The van der Waals surface area contributed by atoms with Crippen molar-refractivity contribution in [1.82, 2.24) is 4.90 Å². The van der Waals surface area contributed by atoms with Gasteiger partial charge in [0.15, 0.2) is 11.5 Å². The van der Waals surface area contributed by atoms with Crippen LogP contribution in [0.15, 0.2) is 18.2 Å². The number of phenolic OH excluding ortho intramolecular Hbond substituents is 1. The number of methoxy groups -OCH3 is 1. The van der Waals surface area contributed by atoms with Gasteiger partial charge in [0.25, 0.3) is 0 Å². The normalized spacial score (nSPS) is 22.8. The smallest absolute Gasteiger partial charge is 0.160 e. The Balaban J connectivity index is 2.19. The van der Waals surface area contributed by atoms with E-state index in [1.807, 2.05) is 12.1 Å². The van der Waals surface area contributed by atoms with Crippen molar-refractivity contribution in [2.75, 3.05) is 13.7 Å². The second-order valence-electron chi connectivity index (χ2n) is 5.54. The highest BCUT2D eigenvalue weighted by molar-refractivity contribution is 5.42. The number of hydrogen-bond acceptors (Lipinski definition) is 3. The topological polar surface area (TPSA) is 32.7 Å². The van der Waals surface area contributed by atoms with E-state index in [4.69, 9.17) is 4.74 Å². The van der Waals surface area contributed by atoms with E-state index in [1.165, 1.54) is 31.2 Å². The molecule has 0 radical (unpaired) electrons. The summed E-state index contributed by atoms with van der Waals surface area (Å²) in [5.74, 6) is 0.772. The fourth-order valence-corrected chi connectivity index (χ4v) is 3.02. The molecule has 0 bridgehead atoms. The highest BCUT2D eigenvalue weighted by Crippen LogP contribution is 2.33. The highest BCUT2D eigenvalue weighted by atomic mass is 16.5. The quantitative estimate of drug-likeness (QED) is 0.902. The standard InChI is InChI=1S/C16H25NO2/c1-12-7-5-4-6-10-17(12)13(2)14-8-9-15(18)16(11-14)19-3/h8-9,11-13,18H,4-7,10H2,1-3H3. The maximum absolute atomic E-state index is 9.69. The lowest BCUT2D eigenvalue weighted by atomic mass is 10.0. The summed E-state index contributed by atoms with van der Waals surface area (Å²) in [7, 11) is 1.60. The van der Waals surface area contributed by atoms with Crippen LogP contribution in [-0.2, 0) is 0 Å². The van der Waals surface area contributed by atoms with E-state index in [0.717, 1.165) is 6.54 Å². The van der Waals surface area contributed by atoms with Crippen LogP contribution in [0.2, 0.25) is 0 Å². The van der Waals surface area contributed by atoms with Crippen LogP contribution in [0.25, 0.3) is 0 Å². The molecule has 2 unspecified atom stereocenters. The predicted molar refractivity (Wildman–Crippen MR) is 77.7 cm³/mol. The monoisotopic (exact) mass is 263 g/mol. The zero-order chi connectivity index (χ0) is 13.8. The fraction of sp³-hybridized carbons (Fsp3) is 0.625. The number of rotatable bonds is 3. The van der Waals surface area contributed by atoms with Gasteiger partial charge in [-0.25, -0.2) is 0 Å². The van der Waals surface area contributed by atoms with E-state index in [9.17, 15) is 5.11 Å². The molecule has 3 heteroatoms. The van der Waals surface area contributed by atoms with E-state index >= 15 is 0 Å².